The zero-order valence-electron chi connectivity index (χ0n) is 30.1. The van der Waals surface area contributed by atoms with Gasteiger partial charge in [0.2, 0.25) is 0 Å². The molecule has 6 heteroatoms. The number of ether oxygens (including phenoxy) is 3. The van der Waals surface area contributed by atoms with Crippen molar-refractivity contribution in [1.29, 1.82) is 0 Å². The first-order valence-corrected chi connectivity index (χ1v) is 17.6. The molecule has 44 heavy (non-hydrogen) atoms. The molecule has 252 valence electrons. The summed E-state index contributed by atoms with van der Waals surface area (Å²) in [7, 11) is 1.84. The van der Waals surface area contributed by atoms with Gasteiger partial charge in [0, 0.05) is 23.5 Å². The fourth-order valence-corrected chi connectivity index (χ4v) is 11.6. The van der Waals surface area contributed by atoms with Crippen LogP contribution < -0.4 is 5.73 Å². The number of allylic oxidation sites excluding steroid dienone is 1. The van der Waals surface area contributed by atoms with Crippen molar-refractivity contribution in [2.24, 2.45) is 67.8 Å². The number of hydrogen-bond acceptors (Lipinski definition) is 5. The number of carbonyl (C=O) groups is 1. The lowest BCUT2D eigenvalue weighted by molar-refractivity contribution is -0.270. The Kier molecular flexibility index (Phi) is 8.43. The Hall–Kier alpha value is -0.950. The molecule has 0 aromatic rings. The lowest BCUT2D eigenvalue weighted by atomic mass is 9.34. The predicted molar refractivity (Wildman–Crippen MR) is 176 cm³/mol. The quantitative estimate of drug-likeness (QED) is 0.285. The van der Waals surface area contributed by atoms with Gasteiger partial charge in [-0.05, 0) is 90.8 Å². The molecule has 3 saturated carbocycles. The van der Waals surface area contributed by atoms with E-state index in [2.05, 4.69) is 82.2 Å². The fourth-order valence-electron chi connectivity index (χ4n) is 11.6. The maximum absolute atomic E-state index is 13.3. The molecule has 2 bridgehead atoms. The summed E-state index contributed by atoms with van der Waals surface area (Å²) < 4.78 is 19.8. The Morgan fingerprint density at radius 2 is 1.73 bits per heavy atom. The highest BCUT2D eigenvalue weighted by Gasteiger charge is 2.71. The summed E-state index contributed by atoms with van der Waals surface area (Å²) in [6.45, 7) is 26.7. The summed E-state index contributed by atoms with van der Waals surface area (Å²) in [5.41, 5.74) is 6.85. The van der Waals surface area contributed by atoms with E-state index in [0.29, 0.717) is 36.9 Å². The van der Waals surface area contributed by atoms with Gasteiger partial charge in [0.1, 0.15) is 0 Å². The van der Waals surface area contributed by atoms with Gasteiger partial charge in [0.15, 0.2) is 0 Å². The smallest absolute Gasteiger partial charge is 0.307 e. The summed E-state index contributed by atoms with van der Waals surface area (Å²) in [4.78, 5) is 13.3. The van der Waals surface area contributed by atoms with E-state index in [1.165, 1.54) is 0 Å². The second kappa shape index (κ2) is 10.8. The van der Waals surface area contributed by atoms with E-state index in [1.807, 2.05) is 7.11 Å². The molecule has 0 radical (unpaired) electrons. The molecule has 4 aliphatic carbocycles. The van der Waals surface area contributed by atoms with Crippen molar-refractivity contribution in [3.8, 4) is 0 Å². The third-order valence-electron chi connectivity index (χ3n) is 15.6. The zero-order chi connectivity index (χ0) is 32.9. The number of rotatable bonds is 7. The summed E-state index contributed by atoms with van der Waals surface area (Å²) in [5, 5.41) is 11.0. The molecule has 4 fully saturated rings. The molecule has 0 aromatic heterocycles. The largest absolute Gasteiger partial charge is 0.481 e. The van der Waals surface area contributed by atoms with Gasteiger partial charge in [-0.2, -0.15) is 0 Å². The maximum Gasteiger partial charge on any atom is 0.307 e. The van der Waals surface area contributed by atoms with Crippen LogP contribution in [0.1, 0.15) is 115 Å². The van der Waals surface area contributed by atoms with E-state index in [9.17, 15) is 9.90 Å². The molecule has 0 amide bonds. The molecule has 1 saturated heterocycles. The third kappa shape index (κ3) is 4.57. The van der Waals surface area contributed by atoms with Crippen LogP contribution in [0.15, 0.2) is 11.6 Å². The first-order valence-electron chi connectivity index (χ1n) is 17.6. The Bertz CT molecular complexity index is 1160. The van der Waals surface area contributed by atoms with Crippen LogP contribution in [0.2, 0.25) is 0 Å². The summed E-state index contributed by atoms with van der Waals surface area (Å²) in [6.07, 6.45) is 8.31. The minimum absolute atomic E-state index is 0.0509. The van der Waals surface area contributed by atoms with Crippen LogP contribution in [-0.4, -0.2) is 55.8 Å². The molecule has 0 spiro atoms. The molecule has 0 aromatic carbocycles. The Morgan fingerprint density at radius 1 is 1.07 bits per heavy atom. The second-order valence-corrected chi connectivity index (χ2v) is 18.7. The Morgan fingerprint density at radius 3 is 2.30 bits per heavy atom. The molecule has 5 aliphatic rings. The van der Waals surface area contributed by atoms with E-state index in [0.717, 1.165) is 45.1 Å². The van der Waals surface area contributed by atoms with Gasteiger partial charge in [-0.25, -0.2) is 0 Å². The number of nitrogens with two attached hydrogens (primary N) is 1. The van der Waals surface area contributed by atoms with Crippen molar-refractivity contribution in [2.45, 2.75) is 132 Å². The lowest BCUT2D eigenvalue weighted by Gasteiger charge is -2.71. The van der Waals surface area contributed by atoms with Crippen molar-refractivity contribution >= 4 is 5.97 Å². The summed E-state index contributed by atoms with van der Waals surface area (Å²) >= 11 is 0. The number of carboxylic acids is 1. The van der Waals surface area contributed by atoms with Gasteiger partial charge in [-0.15, -0.1) is 0 Å². The lowest BCUT2D eigenvalue weighted by Crippen LogP contribution is -2.70. The molecular weight excluding hydrogens is 550 g/mol. The van der Waals surface area contributed by atoms with Crippen molar-refractivity contribution in [3.63, 3.8) is 0 Å². The number of aliphatic carboxylic acids is 1. The van der Waals surface area contributed by atoms with Crippen LogP contribution in [0.5, 0.6) is 0 Å². The van der Waals surface area contributed by atoms with Crippen LogP contribution in [-0.2, 0) is 19.0 Å². The fraction of sp³-hybridized carbons (Fsp3) is 0.921. The highest BCUT2D eigenvalue weighted by Crippen LogP contribution is 2.75. The van der Waals surface area contributed by atoms with Crippen molar-refractivity contribution in [1.82, 2.24) is 0 Å². The predicted octanol–water partition coefficient (Wildman–Crippen LogP) is 7.74. The zero-order valence-corrected chi connectivity index (χ0v) is 30.1. The topological polar surface area (TPSA) is 91.0 Å². The van der Waals surface area contributed by atoms with Gasteiger partial charge in [-0.1, -0.05) is 80.9 Å². The minimum atomic E-state index is -0.607. The average Bonchev–Trinajstić information content (AvgIpc) is 2.91. The van der Waals surface area contributed by atoms with Crippen LogP contribution in [0.25, 0.3) is 0 Å². The van der Waals surface area contributed by atoms with Crippen LogP contribution in [0.4, 0.5) is 0 Å². The molecule has 3 N–H and O–H groups in total. The SMILES string of the molecule is CO[C@@H]1C[C@@]23COC[C@](C)([C@@H]2CC[C@H]2C3=CC[C@@]3(C)[C@H](C(=O)O)[C@@](C)([C@H](C)C(C)C)CC[C@]23C)[C@H]1OC[C@](C)(N)C(C)(C)C. The third-order valence-corrected chi connectivity index (χ3v) is 15.6. The first-order chi connectivity index (χ1) is 20.2. The van der Waals surface area contributed by atoms with Gasteiger partial charge < -0.3 is 25.1 Å². The number of carboxylic acid groups (broad SMARTS) is 1. The molecule has 5 rings (SSSR count). The maximum atomic E-state index is 13.3. The second-order valence-electron chi connectivity index (χ2n) is 18.7. The number of fused-ring (bicyclic) bond motifs is 3. The normalized spacial score (nSPS) is 47.5. The van der Waals surface area contributed by atoms with E-state index in [1.54, 1.807) is 5.57 Å². The molecule has 1 aliphatic heterocycles. The van der Waals surface area contributed by atoms with Crippen molar-refractivity contribution < 1.29 is 24.1 Å². The van der Waals surface area contributed by atoms with Gasteiger partial charge >= 0.3 is 5.97 Å². The Balaban J connectivity index is 1.54. The van der Waals surface area contributed by atoms with E-state index in [-0.39, 0.29) is 50.6 Å². The monoisotopic (exact) mass is 615 g/mol. The average molecular weight is 616 g/mol. The van der Waals surface area contributed by atoms with E-state index >= 15 is 0 Å². The highest BCUT2D eigenvalue weighted by atomic mass is 16.5. The Labute approximate surface area is 268 Å². The summed E-state index contributed by atoms with van der Waals surface area (Å²) in [5.74, 6) is 0.580. The van der Waals surface area contributed by atoms with Gasteiger partial charge in [0.25, 0.3) is 0 Å². The number of methoxy groups -OCH3 is 1. The van der Waals surface area contributed by atoms with Crippen LogP contribution in [0.3, 0.4) is 0 Å². The first kappa shape index (κ1) is 34.4. The number of hydrogen-bond donors (Lipinski definition) is 2. The van der Waals surface area contributed by atoms with Crippen LogP contribution >= 0.6 is 0 Å². The summed E-state index contributed by atoms with van der Waals surface area (Å²) in [6, 6.07) is 0. The molecule has 12 atom stereocenters. The van der Waals surface area contributed by atoms with Gasteiger partial charge in [-0.3, -0.25) is 4.79 Å². The van der Waals surface area contributed by atoms with E-state index in [4.69, 9.17) is 19.9 Å². The molecular formula is C38H65NO5. The van der Waals surface area contributed by atoms with Gasteiger partial charge in [0.05, 0.1) is 37.9 Å². The van der Waals surface area contributed by atoms with Crippen molar-refractivity contribution in [3.05, 3.63) is 11.6 Å². The highest BCUT2D eigenvalue weighted by molar-refractivity contribution is 5.73. The van der Waals surface area contributed by atoms with Crippen molar-refractivity contribution in [2.75, 3.05) is 26.9 Å². The molecule has 0 unspecified atom stereocenters. The molecule has 6 nitrogen and oxygen atoms in total. The van der Waals surface area contributed by atoms with Crippen LogP contribution in [0, 0.1) is 62.1 Å². The standard InChI is InChI=1S/C38H65NO5/c1-23(2)24(3)33(7)17-18-35(9)25-13-14-28-34(8)20-43-22-38(28,26(25)15-16-36(35,10)29(33)31(40)41)19-27(42-12)30(34)44-21-37(11,39)32(4,5)6/h15,23-25,27-30H,13-14,16-22,39H2,1-12H3,(H,40,41)/t24-,25+,27-,28+,29-,30+,33-,34-,35-,36+,37+,38+/m1/s1. The van der Waals surface area contributed by atoms with E-state index < -0.39 is 11.5 Å². The molecule has 1 heterocycles. The minimum Gasteiger partial charge on any atom is -0.481 e.